The van der Waals surface area contributed by atoms with Gasteiger partial charge < -0.3 is 4.74 Å². The van der Waals surface area contributed by atoms with Crippen molar-refractivity contribution in [2.75, 3.05) is 0 Å². The number of alkyl halides is 3. The summed E-state index contributed by atoms with van der Waals surface area (Å²) in [6, 6.07) is 6.47. The second-order valence-electron chi connectivity index (χ2n) is 5.37. The fraction of sp³-hybridized carbons (Fsp3) is 0.250. The Morgan fingerprint density at radius 2 is 1.92 bits per heavy atom. The SMILES string of the molecule is Cc1cc(-c2cnc(O[C@@H](C)C(F)(F)F)c(F)c2)cc2ccnn12. The van der Waals surface area contributed by atoms with Gasteiger partial charge in [0.05, 0.1) is 5.52 Å². The Balaban J connectivity index is 1.93. The molecule has 0 aliphatic heterocycles. The first kappa shape index (κ1) is 16.2. The molecule has 1 atom stereocenters. The fourth-order valence-electron chi connectivity index (χ4n) is 2.28. The summed E-state index contributed by atoms with van der Waals surface area (Å²) >= 11 is 0. The zero-order valence-electron chi connectivity index (χ0n) is 12.8. The number of nitrogens with zero attached hydrogens (tertiary/aromatic N) is 3. The minimum atomic E-state index is -4.59. The summed E-state index contributed by atoms with van der Waals surface area (Å²) in [6.45, 7) is 2.64. The van der Waals surface area contributed by atoms with Crippen molar-refractivity contribution in [2.45, 2.75) is 26.1 Å². The number of hydrogen-bond donors (Lipinski definition) is 0. The molecule has 0 aliphatic carbocycles. The molecular formula is C16H13F4N3O. The predicted octanol–water partition coefficient (Wildman–Crippen LogP) is 4.17. The van der Waals surface area contributed by atoms with E-state index in [2.05, 4.69) is 14.8 Å². The van der Waals surface area contributed by atoms with Crippen LogP contribution in [0.4, 0.5) is 17.6 Å². The topological polar surface area (TPSA) is 39.4 Å². The number of ether oxygens (including phenoxy) is 1. The molecule has 3 heterocycles. The number of pyridine rings is 2. The summed E-state index contributed by atoms with van der Waals surface area (Å²) in [5.41, 5.74) is 2.77. The monoisotopic (exact) mass is 339 g/mol. The van der Waals surface area contributed by atoms with Crippen LogP contribution in [0, 0.1) is 12.7 Å². The van der Waals surface area contributed by atoms with E-state index in [1.165, 1.54) is 6.20 Å². The summed E-state index contributed by atoms with van der Waals surface area (Å²) in [4.78, 5) is 3.69. The van der Waals surface area contributed by atoms with Crippen molar-refractivity contribution in [2.24, 2.45) is 0 Å². The largest absolute Gasteiger partial charge is 0.463 e. The molecule has 0 saturated heterocycles. The van der Waals surface area contributed by atoms with Crippen LogP contribution in [0.25, 0.3) is 16.6 Å². The molecule has 0 radical (unpaired) electrons. The molecule has 0 unspecified atom stereocenters. The molecule has 0 spiro atoms. The van der Waals surface area contributed by atoms with E-state index in [1.807, 2.05) is 6.92 Å². The molecule has 0 bridgehead atoms. The Morgan fingerprint density at radius 3 is 2.58 bits per heavy atom. The lowest BCUT2D eigenvalue weighted by molar-refractivity contribution is -0.190. The maximum atomic E-state index is 14.1. The van der Waals surface area contributed by atoms with E-state index >= 15 is 0 Å². The van der Waals surface area contributed by atoms with Crippen molar-refractivity contribution in [3.63, 3.8) is 0 Å². The molecule has 8 heteroatoms. The van der Waals surface area contributed by atoms with Crippen molar-refractivity contribution in [3.8, 4) is 17.0 Å². The Hall–Kier alpha value is -2.64. The van der Waals surface area contributed by atoms with Crippen LogP contribution in [0.3, 0.4) is 0 Å². The summed E-state index contributed by atoms with van der Waals surface area (Å²) in [7, 11) is 0. The quantitative estimate of drug-likeness (QED) is 0.672. The Morgan fingerprint density at radius 1 is 1.17 bits per heavy atom. The molecule has 3 aromatic heterocycles. The first-order chi connectivity index (χ1) is 11.3. The summed E-state index contributed by atoms with van der Waals surface area (Å²) < 4.78 is 57.8. The van der Waals surface area contributed by atoms with Crippen LogP contribution in [0.5, 0.6) is 5.88 Å². The summed E-state index contributed by atoms with van der Waals surface area (Å²) in [6.07, 6.45) is -3.81. The lowest BCUT2D eigenvalue weighted by Crippen LogP contribution is -2.31. The van der Waals surface area contributed by atoms with Gasteiger partial charge in [0.25, 0.3) is 5.88 Å². The van der Waals surface area contributed by atoms with Crippen LogP contribution < -0.4 is 4.74 Å². The fourth-order valence-corrected chi connectivity index (χ4v) is 2.28. The van der Waals surface area contributed by atoms with Gasteiger partial charge in [-0.15, -0.1) is 0 Å². The molecule has 126 valence electrons. The third-order valence-electron chi connectivity index (χ3n) is 3.56. The minimum Gasteiger partial charge on any atom is -0.463 e. The molecule has 24 heavy (non-hydrogen) atoms. The van der Waals surface area contributed by atoms with Crippen molar-refractivity contribution < 1.29 is 22.3 Å². The van der Waals surface area contributed by atoms with E-state index in [9.17, 15) is 17.6 Å². The second kappa shape index (κ2) is 5.77. The standard InChI is InChI=1S/C16H13F4N3O/c1-9-5-11(6-13-3-4-22-23(9)13)12-7-14(17)15(21-8-12)24-10(2)16(18,19)20/h3-8,10H,1-2H3/t10-/m0/s1. The molecule has 0 amide bonds. The van der Waals surface area contributed by atoms with Crippen LogP contribution in [0.1, 0.15) is 12.6 Å². The van der Waals surface area contributed by atoms with Crippen molar-refractivity contribution >= 4 is 5.52 Å². The molecule has 0 fully saturated rings. The highest BCUT2D eigenvalue weighted by Gasteiger charge is 2.38. The molecule has 0 N–H and O–H groups in total. The van der Waals surface area contributed by atoms with Gasteiger partial charge >= 0.3 is 6.18 Å². The average Bonchev–Trinajstić information content (AvgIpc) is 2.97. The highest BCUT2D eigenvalue weighted by Crippen LogP contribution is 2.28. The van der Waals surface area contributed by atoms with Gasteiger partial charge in [-0.3, -0.25) is 0 Å². The Bertz CT molecular complexity index is 889. The van der Waals surface area contributed by atoms with Crippen LogP contribution in [-0.4, -0.2) is 26.9 Å². The van der Waals surface area contributed by atoms with E-state index in [4.69, 9.17) is 0 Å². The highest BCUT2D eigenvalue weighted by atomic mass is 19.4. The number of aryl methyl sites for hydroxylation is 1. The van der Waals surface area contributed by atoms with Crippen molar-refractivity contribution in [1.29, 1.82) is 0 Å². The second-order valence-corrected chi connectivity index (χ2v) is 5.37. The van der Waals surface area contributed by atoms with E-state index in [-0.39, 0.29) is 0 Å². The number of hydrogen-bond acceptors (Lipinski definition) is 3. The number of fused-ring (bicyclic) bond motifs is 1. The van der Waals surface area contributed by atoms with E-state index in [1.54, 1.807) is 28.9 Å². The first-order valence-corrected chi connectivity index (χ1v) is 7.09. The van der Waals surface area contributed by atoms with Gasteiger partial charge in [0.2, 0.25) is 0 Å². The molecular weight excluding hydrogens is 326 g/mol. The first-order valence-electron chi connectivity index (χ1n) is 7.09. The predicted molar refractivity (Wildman–Crippen MR) is 79.3 cm³/mol. The zero-order chi connectivity index (χ0) is 17.5. The van der Waals surface area contributed by atoms with E-state index in [0.717, 1.165) is 24.2 Å². The van der Waals surface area contributed by atoms with E-state index < -0.39 is 24.0 Å². The van der Waals surface area contributed by atoms with Crippen LogP contribution >= 0.6 is 0 Å². The molecule has 0 saturated carbocycles. The number of halogens is 4. The van der Waals surface area contributed by atoms with Gasteiger partial charge in [0.1, 0.15) is 0 Å². The van der Waals surface area contributed by atoms with Crippen LogP contribution in [0.2, 0.25) is 0 Å². The molecule has 3 rings (SSSR count). The third kappa shape index (κ3) is 3.04. The summed E-state index contributed by atoms with van der Waals surface area (Å²) in [5.74, 6) is -1.62. The number of rotatable bonds is 3. The lowest BCUT2D eigenvalue weighted by atomic mass is 10.1. The van der Waals surface area contributed by atoms with Gasteiger partial charge in [0, 0.05) is 23.7 Å². The van der Waals surface area contributed by atoms with Gasteiger partial charge in [0.15, 0.2) is 11.9 Å². The normalized spacial score (nSPS) is 13.2. The minimum absolute atomic E-state index is 0.436. The molecule has 0 aliphatic rings. The Labute approximate surface area is 134 Å². The van der Waals surface area contributed by atoms with E-state index in [0.29, 0.717) is 11.1 Å². The van der Waals surface area contributed by atoms with Gasteiger partial charge in [-0.25, -0.2) is 13.9 Å². The van der Waals surface area contributed by atoms with Gasteiger partial charge in [-0.1, -0.05) is 0 Å². The maximum absolute atomic E-state index is 14.1. The zero-order valence-corrected chi connectivity index (χ0v) is 12.8. The highest BCUT2D eigenvalue weighted by molar-refractivity contribution is 5.69. The third-order valence-corrected chi connectivity index (χ3v) is 3.56. The maximum Gasteiger partial charge on any atom is 0.425 e. The smallest absolute Gasteiger partial charge is 0.425 e. The van der Waals surface area contributed by atoms with Gasteiger partial charge in [-0.2, -0.15) is 18.3 Å². The van der Waals surface area contributed by atoms with Crippen molar-refractivity contribution in [3.05, 3.63) is 48.2 Å². The van der Waals surface area contributed by atoms with Crippen LogP contribution in [0.15, 0.2) is 36.7 Å². The number of aromatic nitrogens is 3. The molecule has 3 aromatic rings. The van der Waals surface area contributed by atoms with Crippen LogP contribution in [-0.2, 0) is 0 Å². The van der Waals surface area contributed by atoms with Gasteiger partial charge in [-0.05, 0) is 43.7 Å². The molecule has 0 aromatic carbocycles. The molecule has 4 nitrogen and oxygen atoms in total. The Kier molecular flexibility index (Phi) is 3.90. The summed E-state index contributed by atoms with van der Waals surface area (Å²) in [5, 5.41) is 4.14. The average molecular weight is 339 g/mol. The lowest BCUT2D eigenvalue weighted by Gasteiger charge is -2.17. The van der Waals surface area contributed by atoms with Crippen molar-refractivity contribution in [1.82, 2.24) is 14.6 Å².